The molecule has 0 unspecified atom stereocenters. The van der Waals surface area contributed by atoms with Crippen molar-refractivity contribution in [1.82, 2.24) is 0 Å². The number of halogens is 4. The van der Waals surface area contributed by atoms with Gasteiger partial charge in [-0.25, -0.2) is 0 Å². The van der Waals surface area contributed by atoms with Crippen molar-refractivity contribution in [1.29, 1.82) is 0 Å². The zero-order chi connectivity index (χ0) is 16.8. The summed E-state index contributed by atoms with van der Waals surface area (Å²) < 4.78 is 5.52. The molecule has 0 heterocycles. The second kappa shape index (κ2) is 8.65. The van der Waals surface area contributed by atoms with Crippen LogP contribution in [0.4, 0.5) is 5.69 Å². The molecule has 0 saturated carbocycles. The van der Waals surface area contributed by atoms with Crippen molar-refractivity contribution in [2.75, 3.05) is 11.9 Å². The van der Waals surface area contributed by atoms with E-state index in [-0.39, 0.29) is 12.3 Å². The first-order valence-corrected chi connectivity index (χ1v) is 8.30. The zero-order valence-electron chi connectivity index (χ0n) is 11.9. The number of nitrogens with one attached hydrogen (secondary N) is 1. The van der Waals surface area contributed by atoms with E-state index in [9.17, 15) is 4.79 Å². The molecule has 122 valence electrons. The summed E-state index contributed by atoms with van der Waals surface area (Å²) in [5.41, 5.74) is 0.419. The summed E-state index contributed by atoms with van der Waals surface area (Å²) in [6.45, 7) is 0.352. The number of carbonyl (C=O) groups excluding carboxylic acids is 1. The summed E-state index contributed by atoms with van der Waals surface area (Å²) in [5.74, 6) is 0.344. The smallest absolute Gasteiger partial charge is 0.224 e. The Hall–Kier alpha value is -1.13. The molecule has 0 spiro atoms. The maximum atomic E-state index is 11.9. The van der Waals surface area contributed by atoms with Gasteiger partial charge in [0, 0.05) is 11.4 Å². The van der Waals surface area contributed by atoms with Crippen LogP contribution >= 0.6 is 46.4 Å². The minimum Gasteiger partial charge on any atom is -0.492 e. The van der Waals surface area contributed by atoms with Crippen molar-refractivity contribution in [2.24, 2.45) is 0 Å². The van der Waals surface area contributed by atoms with Crippen LogP contribution in [-0.4, -0.2) is 12.5 Å². The van der Waals surface area contributed by atoms with Crippen LogP contribution in [0.15, 0.2) is 36.4 Å². The van der Waals surface area contributed by atoms with Crippen LogP contribution in [0, 0.1) is 0 Å². The Balaban J connectivity index is 1.79. The molecule has 2 rings (SSSR count). The van der Waals surface area contributed by atoms with E-state index in [1.54, 1.807) is 36.4 Å². The predicted molar refractivity (Wildman–Crippen MR) is 96.3 cm³/mol. The molecule has 0 aliphatic rings. The molecule has 0 saturated heterocycles. The number of ether oxygens (including phenoxy) is 1. The van der Waals surface area contributed by atoms with Crippen molar-refractivity contribution in [2.45, 2.75) is 12.8 Å². The highest BCUT2D eigenvalue weighted by Crippen LogP contribution is 2.30. The molecule has 7 heteroatoms. The lowest BCUT2D eigenvalue weighted by Crippen LogP contribution is -2.13. The van der Waals surface area contributed by atoms with Gasteiger partial charge in [-0.3, -0.25) is 4.79 Å². The van der Waals surface area contributed by atoms with E-state index < -0.39 is 0 Å². The van der Waals surface area contributed by atoms with Crippen molar-refractivity contribution in [3.05, 3.63) is 56.5 Å². The van der Waals surface area contributed by atoms with Gasteiger partial charge in [0.25, 0.3) is 0 Å². The summed E-state index contributed by atoms with van der Waals surface area (Å²) in [6.07, 6.45) is 0.791. The first kappa shape index (κ1) is 18.2. The van der Waals surface area contributed by atoms with E-state index in [0.717, 1.165) is 0 Å². The standard InChI is InChI=1S/C16H13Cl4NO2/c17-10-6-7-14(13(20)9-10)23-8-2-5-15(22)21-16-11(18)3-1-4-12(16)19/h1,3-4,6-7,9H,2,5,8H2,(H,21,22). The lowest BCUT2D eigenvalue weighted by atomic mass is 10.2. The molecule has 0 bridgehead atoms. The van der Waals surface area contributed by atoms with Crippen LogP contribution in [0.2, 0.25) is 20.1 Å². The highest BCUT2D eigenvalue weighted by Gasteiger charge is 2.09. The van der Waals surface area contributed by atoms with E-state index in [4.69, 9.17) is 51.1 Å². The Kier molecular flexibility index (Phi) is 6.85. The van der Waals surface area contributed by atoms with Crippen LogP contribution in [0.5, 0.6) is 5.75 Å². The third kappa shape index (κ3) is 5.47. The molecule has 0 atom stereocenters. The molecular weight excluding hydrogens is 380 g/mol. The second-order valence-electron chi connectivity index (χ2n) is 4.67. The topological polar surface area (TPSA) is 38.3 Å². The largest absolute Gasteiger partial charge is 0.492 e. The van der Waals surface area contributed by atoms with Crippen LogP contribution in [0.25, 0.3) is 0 Å². The molecule has 1 amide bonds. The highest BCUT2D eigenvalue weighted by atomic mass is 35.5. The number of hydrogen-bond donors (Lipinski definition) is 1. The fourth-order valence-electron chi connectivity index (χ4n) is 1.83. The maximum absolute atomic E-state index is 11.9. The summed E-state index contributed by atoms with van der Waals surface area (Å²) >= 11 is 23.8. The first-order chi connectivity index (χ1) is 11.0. The van der Waals surface area contributed by atoms with Gasteiger partial charge in [-0.2, -0.15) is 0 Å². The van der Waals surface area contributed by atoms with E-state index in [2.05, 4.69) is 5.32 Å². The van der Waals surface area contributed by atoms with Crippen LogP contribution in [-0.2, 0) is 4.79 Å². The summed E-state index contributed by atoms with van der Waals surface area (Å²) in [5, 5.41) is 4.47. The molecule has 2 aromatic carbocycles. The minimum atomic E-state index is -0.189. The number of para-hydroxylation sites is 1. The number of anilines is 1. The number of rotatable bonds is 6. The number of benzene rings is 2. The van der Waals surface area contributed by atoms with E-state index in [0.29, 0.717) is 44.6 Å². The van der Waals surface area contributed by atoms with Crippen LogP contribution in [0.1, 0.15) is 12.8 Å². The van der Waals surface area contributed by atoms with Gasteiger partial charge in [0.15, 0.2) is 0 Å². The van der Waals surface area contributed by atoms with Gasteiger partial charge in [-0.05, 0) is 36.8 Å². The lowest BCUT2D eigenvalue weighted by molar-refractivity contribution is -0.116. The lowest BCUT2D eigenvalue weighted by Gasteiger charge is -2.10. The van der Waals surface area contributed by atoms with E-state index >= 15 is 0 Å². The van der Waals surface area contributed by atoms with Gasteiger partial charge in [-0.15, -0.1) is 0 Å². The van der Waals surface area contributed by atoms with Gasteiger partial charge in [-0.1, -0.05) is 52.5 Å². The monoisotopic (exact) mass is 391 g/mol. The van der Waals surface area contributed by atoms with Gasteiger partial charge in [0.05, 0.1) is 27.4 Å². The zero-order valence-corrected chi connectivity index (χ0v) is 14.9. The molecule has 0 radical (unpaired) electrons. The van der Waals surface area contributed by atoms with Gasteiger partial charge in [0.1, 0.15) is 5.75 Å². The minimum absolute atomic E-state index is 0.189. The number of carbonyl (C=O) groups is 1. The molecule has 0 fully saturated rings. The summed E-state index contributed by atoms with van der Waals surface area (Å²) in [6, 6.07) is 10.0. The predicted octanol–water partition coefficient (Wildman–Crippen LogP) is 6.10. The van der Waals surface area contributed by atoms with Gasteiger partial charge >= 0.3 is 0 Å². The maximum Gasteiger partial charge on any atom is 0.224 e. The quantitative estimate of drug-likeness (QED) is 0.603. The van der Waals surface area contributed by atoms with Crippen molar-refractivity contribution in [3.63, 3.8) is 0 Å². The fourth-order valence-corrected chi connectivity index (χ4v) is 2.78. The normalized spacial score (nSPS) is 10.4. The Morgan fingerprint density at radius 1 is 1.00 bits per heavy atom. The van der Waals surface area contributed by atoms with Gasteiger partial charge < -0.3 is 10.1 Å². The molecule has 0 aliphatic carbocycles. The average molecular weight is 393 g/mol. The van der Waals surface area contributed by atoms with Crippen LogP contribution in [0.3, 0.4) is 0 Å². The Morgan fingerprint density at radius 3 is 2.35 bits per heavy atom. The third-order valence-electron chi connectivity index (χ3n) is 2.93. The average Bonchev–Trinajstić information content (AvgIpc) is 2.49. The van der Waals surface area contributed by atoms with Gasteiger partial charge in [0.2, 0.25) is 5.91 Å². The van der Waals surface area contributed by atoms with Crippen LogP contribution < -0.4 is 10.1 Å². The molecule has 0 aromatic heterocycles. The van der Waals surface area contributed by atoms with E-state index in [1.165, 1.54) is 0 Å². The third-order valence-corrected chi connectivity index (χ3v) is 4.09. The SMILES string of the molecule is O=C(CCCOc1ccc(Cl)cc1Cl)Nc1c(Cl)cccc1Cl. The van der Waals surface area contributed by atoms with Crippen molar-refractivity contribution >= 4 is 58.0 Å². The second-order valence-corrected chi connectivity index (χ2v) is 6.33. The van der Waals surface area contributed by atoms with E-state index in [1.807, 2.05) is 0 Å². The molecule has 1 N–H and O–H groups in total. The molecular formula is C16H13Cl4NO2. The molecule has 3 nitrogen and oxygen atoms in total. The Labute approximate surface area is 154 Å². The molecule has 23 heavy (non-hydrogen) atoms. The number of amides is 1. The highest BCUT2D eigenvalue weighted by molar-refractivity contribution is 6.39. The first-order valence-electron chi connectivity index (χ1n) is 6.79. The van der Waals surface area contributed by atoms with Crippen molar-refractivity contribution < 1.29 is 9.53 Å². The summed E-state index contributed by atoms with van der Waals surface area (Å²) in [7, 11) is 0. The molecule has 2 aromatic rings. The Morgan fingerprint density at radius 2 is 1.70 bits per heavy atom. The fraction of sp³-hybridized carbons (Fsp3) is 0.188. The summed E-state index contributed by atoms with van der Waals surface area (Å²) in [4.78, 5) is 11.9. The van der Waals surface area contributed by atoms with Crippen molar-refractivity contribution in [3.8, 4) is 5.75 Å². The molecule has 0 aliphatic heterocycles. The Bertz CT molecular complexity index is 686. The number of hydrogen-bond acceptors (Lipinski definition) is 2.